The molecule has 0 saturated heterocycles. The van der Waals surface area contributed by atoms with Crippen LogP contribution in [0.3, 0.4) is 0 Å². The first-order chi connectivity index (χ1) is 7.56. The molecule has 0 amide bonds. The predicted molar refractivity (Wildman–Crippen MR) is 73.4 cm³/mol. The van der Waals surface area contributed by atoms with E-state index in [0.717, 1.165) is 29.6 Å². The molecule has 4 unspecified atom stereocenters. The Labute approximate surface area is 103 Å². The van der Waals surface area contributed by atoms with E-state index in [2.05, 4.69) is 46.8 Å². The van der Waals surface area contributed by atoms with Gasteiger partial charge in [-0.15, -0.1) is 0 Å². The van der Waals surface area contributed by atoms with Gasteiger partial charge in [0.1, 0.15) is 0 Å². The fourth-order valence-electron chi connectivity index (χ4n) is 2.69. The first-order valence-corrected chi connectivity index (χ1v) is 7.19. The smallest absolute Gasteiger partial charge is 0.0234 e. The highest BCUT2D eigenvalue weighted by molar-refractivity contribution is 4.87. The fourth-order valence-corrected chi connectivity index (χ4v) is 2.69. The van der Waals surface area contributed by atoms with E-state index in [1.165, 1.54) is 25.7 Å². The van der Waals surface area contributed by atoms with Crippen LogP contribution in [0.15, 0.2) is 12.2 Å². The third-order valence-electron chi connectivity index (χ3n) is 4.73. The van der Waals surface area contributed by atoms with Crippen LogP contribution in [-0.4, -0.2) is 0 Å². The monoisotopic (exact) mass is 222 g/mol. The summed E-state index contributed by atoms with van der Waals surface area (Å²) in [6, 6.07) is 0. The minimum absolute atomic E-state index is 0.733. The lowest BCUT2D eigenvalue weighted by Crippen LogP contribution is -2.16. The molecule has 1 rings (SSSR count). The van der Waals surface area contributed by atoms with E-state index in [9.17, 15) is 0 Å². The highest BCUT2D eigenvalue weighted by atomic mass is 14.3. The average Bonchev–Trinajstić information content (AvgIpc) is 3.08. The van der Waals surface area contributed by atoms with Gasteiger partial charge in [0, 0.05) is 0 Å². The summed E-state index contributed by atoms with van der Waals surface area (Å²) in [6.45, 7) is 11.8. The lowest BCUT2D eigenvalue weighted by Gasteiger charge is -2.25. The van der Waals surface area contributed by atoms with Crippen LogP contribution in [-0.2, 0) is 0 Å². The zero-order chi connectivity index (χ0) is 12.1. The zero-order valence-corrected chi connectivity index (χ0v) is 11.9. The maximum atomic E-state index is 2.45. The molecule has 0 aromatic carbocycles. The van der Waals surface area contributed by atoms with Gasteiger partial charge < -0.3 is 0 Å². The minimum Gasteiger partial charge on any atom is -0.0914 e. The van der Waals surface area contributed by atoms with Crippen LogP contribution in [0.5, 0.6) is 0 Å². The highest BCUT2D eigenvalue weighted by Crippen LogP contribution is 2.39. The molecule has 0 heterocycles. The molecule has 0 nitrogen and oxygen atoms in total. The fraction of sp³-hybridized carbons (Fsp3) is 0.875. The molecule has 4 atom stereocenters. The van der Waals surface area contributed by atoms with Crippen molar-refractivity contribution in [3.8, 4) is 0 Å². The SMILES string of the molecule is CC=CC(C)C(C)C(C)CCC(C)C1CC1. The Morgan fingerprint density at radius 2 is 1.69 bits per heavy atom. The van der Waals surface area contributed by atoms with Gasteiger partial charge in [-0.1, -0.05) is 52.7 Å². The van der Waals surface area contributed by atoms with E-state index in [0.29, 0.717) is 0 Å². The Morgan fingerprint density at radius 3 is 2.19 bits per heavy atom. The molecule has 1 saturated carbocycles. The van der Waals surface area contributed by atoms with Gasteiger partial charge >= 0.3 is 0 Å². The second kappa shape index (κ2) is 6.47. The summed E-state index contributed by atoms with van der Waals surface area (Å²) in [5.74, 6) is 4.48. The van der Waals surface area contributed by atoms with Gasteiger partial charge in [-0.05, 0) is 49.4 Å². The van der Waals surface area contributed by atoms with Gasteiger partial charge in [0.2, 0.25) is 0 Å². The van der Waals surface area contributed by atoms with Gasteiger partial charge in [0.25, 0.3) is 0 Å². The second-order valence-electron chi connectivity index (χ2n) is 6.11. The summed E-state index contributed by atoms with van der Waals surface area (Å²) in [7, 11) is 0. The molecule has 1 aliphatic carbocycles. The molecule has 16 heavy (non-hydrogen) atoms. The Bertz CT molecular complexity index is 212. The van der Waals surface area contributed by atoms with Gasteiger partial charge in [-0.2, -0.15) is 0 Å². The van der Waals surface area contributed by atoms with Gasteiger partial charge in [-0.3, -0.25) is 0 Å². The highest BCUT2D eigenvalue weighted by Gasteiger charge is 2.28. The lowest BCUT2D eigenvalue weighted by molar-refractivity contribution is 0.277. The quantitative estimate of drug-likeness (QED) is 0.513. The third-order valence-corrected chi connectivity index (χ3v) is 4.73. The minimum atomic E-state index is 0.733. The van der Waals surface area contributed by atoms with Crippen LogP contribution in [0.25, 0.3) is 0 Å². The average molecular weight is 222 g/mol. The van der Waals surface area contributed by atoms with E-state index in [4.69, 9.17) is 0 Å². The summed E-state index contributed by atoms with van der Waals surface area (Å²) in [6.07, 6.45) is 10.4. The van der Waals surface area contributed by atoms with Crippen molar-refractivity contribution in [1.82, 2.24) is 0 Å². The number of hydrogen-bond acceptors (Lipinski definition) is 0. The Hall–Kier alpha value is -0.260. The second-order valence-corrected chi connectivity index (χ2v) is 6.11. The Balaban J connectivity index is 2.24. The first kappa shape index (κ1) is 13.8. The molecule has 94 valence electrons. The number of allylic oxidation sites excluding steroid dienone is 2. The molecular formula is C16H30. The largest absolute Gasteiger partial charge is 0.0914 e. The lowest BCUT2D eigenvalue weighted by atomic mass is 9.81. The standard InChI is InChI=1S/C16H30/c1-6-7-12(2)15(5)13(3)8-9-14(4)16-10-11-16/h6-7,12-16H,8-11H2,1-5H3. The normalized spacial score (nSPS) is 24.3. The topological polar surface area (TPSA) is 0 Å². The van der Waals surface area contributed by atoms with E-state index in [-0.39, 0.29) is 0 Å². The molecule has 0 aromatic heterocycles. The Morgan fingerprint density at radius 1 is 1.06 bits per heavy atom. The van der Waals surface area contributed by atoms with Crippen molar-refractivity contribution in [3.05, 3.63) is 12.2 Å². The van der Waals surface area contributed by atoms with Crippen molar-refractivity contribution < 1.29 is 0 Å². The third kappa shape index (κ3) is 4.31. The van der Waals surface area contributed by atoms with Crippen LogP contribution in [0.1, 0.15) is 60.3 Å². The molecule has 0 aromatic rings. The summed E-state index contributed by atoms with van der Waals surface area (Å²) in [5.41, 5.74) is 0. The van der Waals surface area contributed by atoms with Gasteiger partial charge in [0.05, 0.1) is 0 Å². The summed E-state index contributed by atoms with van der Waals surface area (Å²) in [4.78, 5) is 0. The predicted octanol–water partition coefficient (Wildman–Crippen LogP) is 5.30. The van der Waals surface area contributed by atoms with Crippen molar-refractivity contribution in [2.75, 3.05) is 0 Å². The van der Waals surface area contributed by atoms with Crippen molar-refractivity contribution in [2.24, 2.45) is 29.6 Å². The molecule has 0 spiro atoms. The van der Waals surface area contributed by atoms with Crippen LogP contribution in [0.2, 0.25) is 0 Å². The Kier molecular flexibility index (Phi) is 5.58. The number of rotatable bonds is 7. The van der Waals surface area contributed by atoms with Crippen molar-refractivity contribution >= 4 is 0 Å². The van der Waals surface area contributed by atoms with Crippen molar-refractivity contribution in [3.63, 3.8) is 0 Å². The van der Waals surface area contributed by atoms with Gasteiger partial charge in [-0.25, -0.2) is 0 Å². The molecular weight excluding hydrogens is 192 g/mol. The van der Waals surface area contributed by atoms with Crippen LogP contribution in [0, 0.1) is 29.6 Å². The molecule has 1 fully saturated rings. The zero-order valence-electron chi connectivity index (χ0n) is 11.9. The summed E-state index contributed by atoms with van der Waals surface area (Å²) in [5, 5.41) is 0. The molecule has 0 aliphatic heterocycles. The van der Waals surface area contributed by atoms with Gasteiger partial charge in [0.15, 0.2) is 0 Å². The molecule has 0 radical (unpaired) electrons. The van der Waals surface area contributed by atoms with E-state index in [1.807, 2.05) is 0 Å². The van der Waals surface area contributed by atoms with E-state index < -0.39 is 0 Å². The summed E-state index contributed by atoms with van der Waals surface area (Å²) < 4.78 is 0. The van der Waals surface area contributed by atoms with E-state index >= 15 is 0 Å². The molecule has 0 heteroatoms. The number of hydrogen-bond donors (Lipinski definition) is 0. The van der Waals surface area contributed by atoms with Crippen molar-refractivity contribution in [1.29, 1.82) is 0 Å². The molecule has 0 bridgehead atoms. The van der Waals surface area contributed by atoms with Crippen molar-refractivity contribution in [2.45, 2.75) is 60.3 Å². The summed E-state index contributed by atoms with van der Waals surface area (Å²) >= 11 is 0. The van der Waals surface area contributed by atoms with Crippen LogP contribution < -0.4 is 0 Å². The maximum Gasteiger partial charge on any atom is -0.0234 e. The van der Waals surface area contributed by atoms with E-state index in [1.54, 1.807) is 0 Å². The van der Waals surface area contributed by atoms with Crippen LogP contribution >= 0.6 is 0 Å². The molecule has 0 N–H and O–H groups in total. The molecule has 1 aliphatic rings. The maximum absolute atomic E-state index is 2.45. The van der Waals surface area contributed by atoms with Crippen LogP contribution in [0.4, 0.5) is 0 Å². The first-order valence-electron chi connectivity index (χ1n) is 7.19.